The molecule has 1 saturated heterocycles. The molecule has 0 saturated carbocycles. The van der Waals surface area contributed by atoms with E-state index in [0.29, 0.717) is 6.03 Å². The molecule has 1 heterocycles. The van der Waals surface area contributed by atoms with Crippen LogP contribution in [0.15, 0.2) is 24.3 Å². The lowest BCUT2D eigenvalue weighted by atomic mass is 10.1. The van der Waals surface area contributed by atoms with Crippen LogP contribution in [0.5, 0.6) is 0 Å². The molecule has 1 aliphatic heterocycles. The highest BCUT2D eigenvalue weighted by atomic mass is 16.2. The summed E-state index contributed by atoms with van der Waals surface area (Å²) < 4.78 is 0. The number of hydrogen-bond donors (Lipinski definition) is 0. The van der Waals surface area contributed by atoms with Crippen molar-refractivity contribution in [2.75, 3.05) is 26.2 Å². The molecule has 0 bridgehead atoms. The largest absolute Gasteiger partial charge is 0.325 e. The van der Waals surface area contributed by atoms with Crippen LogP contribution in [-0.4, -0.2) is 42.0 Å². The normalized spacial score (nSPS) is 14.9. The number of carbonyl (C=O) groups excluding carboxylic acids is 1. The molecule has 1 fully saturated rings. The summed E-state index contributed by atoms with van der Waals surface area (Å²) in [6.45, 7) is 8.44. The lowest BCUT2D eigenvalue weighted by Crippen LogP contribution is -2.44. The van der Waals surface area contributed by atoms with E-state index in [1.165, 1.54) is 205 Å². The molecule has 270 valence electrons. The summed E-state index contributed by atoms with van der Waals surface area (Å²) in [7, 11) is 0. The van der Waals surface area contributed by atoms with Gasteiger partial charge in [0.15, 0.2) is 0 Å². The van der Waals surface area contributed by atoms with E-state index in [1.807, 2.05) is 0 Å². The van der Waals surface area contributed by atoms with E-state index in [0.717, 1.165) is 26.2 Å². The summed E-state index contributed by atoms with van der Waals surface area (Å²) in [5.74, 6) is 0. The number of amides is 2. The van der Waals surface area contributed by atoms with Crippen LogP contribution < -0.4 is 0 Å². The van der Waals surface area contributed by atoms with Crippen molar-refractivity contribution in [3.8, 4) is 0 Å². The Labute approximate surface area is 289 Å². The average molecular weight is 643 g/mol. The first-order valence-corrected chi connectivity index (χ1v) is 21.1. The Balaban J connectivity index is 2.06. The van der Waals surface area contributed by atoms with Gasteiger partial charge >= 0.3 is 6.03 Å². The maximum atomic E-state index is 13.5. The van der Waals surface area contributed by atoms with E-state index in [9.17, 15) is 4.79 Å². The van der Waals surface area contributed by atoms with E-state index in [1.54, 1.807) is 0 Å². The predicted octanol–water partition coefficient (Wildman–Crippen LogP) is 14.4. The van der Waals surface area contributed by atoms with E-state index < -0.39 is 0 Å². The lowest BCUT2D eigenvalue weighted by molar-refractivity contribution is 0.152. The van der Waals surface area contributed by atoms with Crippen molar-refractivity contribution in [3.63, 3.8) is 0 Å². The third-order valence-electron chi connectivity index (χ3n) is 10.0. The SMILES string of the molecule is CCCCCCCC/C=C\CCCCCCCCN1CCCCCCN(CCCCCCCC/C=C\CCCCCCCC)C1=O. The minimum atomic E-state index is 0.336. The molecule has 2 amide bonds. The Hall–Kier alpha value is -1.25. The second kappa shape index (κ2) is 35.1. The number of hydrogen-bond acceptors (Lipinski definition) is 1. The molecule has 0 spiro atoms. The molecule has 0 aromatic carbocycles. The van der Waals surface area contributed by atoms with E-state index >= 15 is 0 Å². The Morgan fingerprint density at radius 3 is 1.00 bits per heavy atom. The minimum Gasteiger partial charge on any atom is -0.325 e. The Kier molecular flexibility index (Phi) is 32.6. The fourth-order valence-corrected chi connectivity index (χ4v) is 6.87. The van der Waals surface area contributed by atoms with Gasteiger partial charge in [0.2, 0.25) is 0 Å². The second-order valence-corrected chi connectivity index (χ2v) is 14.5. The van der Waals surface area contributed by atoms with Gasteiger partial charge in [0.1, 0.15) is 0 Å². The summed E-state index contributed by atoms with van der Waals surface area (Å²) in [4.78, 5) is 17.9. The summed E-state index contributed by atoms with van der Waals surface area (Å²) in [5, 5.41) is 0. The standard InChI is InChI=1S/C43H82N2O/c1-3-5-7-9-11-13-15-17-19-21-23-25-27-29-31-35-39-44-41-37-33-34-38-42-45(43(44)46)40-36-32-30-28-26-24-22-20-18-16-14-12-10-8-6-4-2/h17-20H,3-16,21-42H2,1-2H3/b19-17-,20-18-. The average Bonchev–Trinajstić information content (AvgIpc) is 3.15. The van der Waals surface area contributed by atoms with Gasteiger partial charge in [0, 0.05) is 26.2 Å². The molecule has 3 heteroatoms. The van der Waals surface area contributed by atoms with Crippen LogP contribution in [0.1, 0.15) is 219 Å². The zero-order chi connectivity index (χ0) is 33.0. The Morgan fingerprint density at radius 1 is 0.391 bits per heavy atom. The third-order valence-corrected chi connectivity index (χ3v) is 10.0. The molecule has 3 nitrogen and oxygen atoms in total. The molecule has 1 rings (SSSR count). The van der Waals surface area contributed by atoms with Crippen LogP contribution >= 0.6 is 0 Å². The van der Waals surface area contributed by atoms with Crippen LogP contribution in [-0.2, 0) is 0 Å². The smallest absolute Gasteiger partial charge is 0.319 e. The monoisotopic (exact) mass is 643 g/mol. The van der Waals surface area contributed by atoms with Gasteiger partial charge in [0.25, 0.3) is 0 Å². The van der Waals surface area contributed by atoms with Crippen molar-refractivity contribution in [1.29, 1.82) is 0 Å². The fourth-order valence-electron chi connectivity index (χ4n) is 6.87. The number of carbonyl (C=O) groups is 1. The summed E-state index contributed by atoms with van der Waals surface area (Å²) in [6.07, 6.45) is 52.0. The molecule has 1 aliphatic rings. The van der Waals surface area contributed by atoms with Crippen molar-refractivity contribution >= 4 is 6.03 Å². The highest BCUT2D eigenvalue weighted by molar-refractivity contribution is 5.74. The maximum absolute atomic E-state index is 13.5. The molecular formula is C43H82N2O. The zero-order valence-corrected chi connectivity index (χ0v) is 31.6. The number of rotatable bonds is 32. The van der Waals surface area contributed by atoms with Crippen LogP contribution in [0.25, 0.3) is 0 Å². The van der Waals surface area contributed by atoms with Gasteiger partial charge in [-0.15, -0.1) is 0 Å². The van der Waals surface area contributed by atoms with E-state index in [-0.39, 0.29) is 0 Å². The predicted molar refractivity (Wildman–Crippen MR) is 206 cm³/mol. The first kappa shape index (κ1) is 42.8. The first-order valence-electron chi connectivity index (χ1n) is 21.1. The van der Waals surface area contributed by atoms with Gasteiger partial charge in [-0.2, -0.15) is 0 Å². The molecule has 0 N–H and O–H groups in total. The number of urea groups is 1. The summed E-state index contributed by atoms with van der Waals surface area (Å²) in [6, 6.07) is 0.336. The molecule has 0 atom stereocenters. The first-order chi connectivity index (χ1) is 22.8. The minimum absolute atomic E-state index is 0.336. The summed E-state index contributed by atoms with van der Waals surface area (Å²) in [5.41, 5.74) is 0. The second-order valence-electron chi connectivity index (χ2n) is 14.5. The molecule has 0 aromatic heterocycles. The van der Waals surface area contributed by atoms with Crippen LogP contribution in [0, 0.1) is 0 Å². The van der Waals surface area contributed by atoms with Crippen LogP contribution in [0.4, 0.5) is 4.79 Å². The molecule has 0 radical (unpaired) electrons. The molecule has 0 unspecified atom stereocenters. The third kappa shape index (κ3) is 27.8. The number of allylic oxidation sites excluding steroid dienone is 4. The van der Waals surface area contributed by atoms with Gasteiger partial charge in [-0.25, -0.2) is 4.79 Å². The van der Waals surface area contributed by atoms with Gasteiger partial charge in [-0.3, -0.25) is 0 Å². The van der Waals surface area contributed by atoms with E-state index in [2.05, 4.69) is 48.0 Å². The van der Waals surface area contributed by atoms with Gasteiger partial charge < -0.3 is 9.80 Å². The maximum Gasteiger partial charge on any atom is 0.319 e. The molecular weight excluding hydrogens is 560 g/mol. The van der Waals surface area contributed by atoms with E-state index in [4.69, 9.17) is 0 Å². The van der Waals surface area contributed by atoms with Crippen molar-refractivity contribution < 1.29 is 4.79 Å². The van der Waals surface area contributed by atoms with Crippen molar-refractivity contribution in [3.05, 3.63) is 24.3 Å². The molecule has 0 aliphatic carbocycles. The highest BCUT2D eigenvalue weighted by Gasteiger charge is 2.21. The van der Waals surface area contributed by atoms with Crippen LogP contribution in [0.3, 0.4) is 0 Å². The number of unbranched alkanes of at least 4 members (excludes halogenated alkanes) is 24. The zero-order valence-electron chi connectivity index (χ0n) is 31.6. The highest BCUT2D eigenvalue weighted by Crippen LogP contribution is 2.16. The number of nitrogens with zero attached hydrogens (tertiary/aromatic N) is 2. The molecule has 46 heavy (non-hydrogen) atoms. The van der Waals surface area contributed by atoms with Crippen molar-refractivity contribution in [2.45, 2.75) is 219 Å². The quantitative estimate of drug-likeness (QED) is 0.0529. The van der Waals surface area contributed by atoms with Gasteiger partial charge in [-0.1, -0.05) is 167 Å². The van der Waals surface area contributed by atoms with Gasteiger partial charge in [-0.05, 0) is 77.0 Å². The van der Waals surface area contributed by atoms with Gasteiger partial charge in [0.05, 0.1) is 0 Å². The van der Waals surface area contributed by atoms with Crippen LogP contribution in [0.2, 0.25) is 0 Å². The van der Waals surface area contributed by atoms with Crippen molar-refractivity contribution in [1.82, 2.24) is 9.80 Å². The Bertz CT molecular complexity index is 630. The van der Waals surface area contributed by atoms with Crippen molar-refractivity contribution in [2.24, 2.45) is 0 Å². The lowest BCUT2D eigenvalue weighted by Gasteiger charge is -2.30. The topological polar surface area (TPSA) is 23.6 Å². The Morgan fingerprint density at radius 2 is 0.674 bits per heavy atom. The summed E-state index contributed by atoms with van der Waals surface area (Å²) >= 11 is 0. The fraction of sp³-hybridized carbons (Fsp3) is 0.884. The molecule has 0 aromatic rings.